The Hall–Kier alpha value is -1.78. The fourth-order valence-corrected chi connectivity index (χ4v) is 1.42. The van der Waals surface area contributed by atoms with Gasteiger partial charge in [0.25, 0.3) is 0 Å². The lowest BCUT2D eigenvalue weighted by atomic mass is 10.0. The number of aromatic amines is 1. The lowest BCUT2D eigenvalue weighted by molar-refractivity contribution is 0.276. The third kappa shape index (κ3) is 2.12. The Morgan fingerprint density at radius 3 is 2.71 bits per heavy atom. The molecule has 1 rings (SSSR count). The van der Waals surface area contributed by atoms with E-state index in [1.54, 1.807) is 6.20 Å². The number of nitrogens with zero attached hydrogens (tertiary/aromatic N) is 2. The average molecular weight is 189 g/mol. The van der Waals surface area contributed by atoms with Gasteiger partial charge in [-0.05, 0) is 17.5 Å². The van der Waals surface area contributed by atoms with Crippen LogP contribution in [-0.2, 0) is 19.4 Å². The molecule has 0 saturated heterocycles. The van der Waals surface area contributed by atoms with Crippen molar-refractivity contribution in [1.29, 1.82) is 10.5 Å². The highest BCUT2D eigenvalue weighted by Gasteiger charge is 2.09. The van der Waals surface area contributed by atoms with Gasteiger partial charge in [-0.15, -0.1) is 0 Å². The normalized spacial score (nSPS) is 9.36. The SMILES string of the molecule is N#CCCc1c(CC#N)c[nH]c1CO. The Labute approximate surface area is 82.4 Å². The summed E-state index contributed by atoms with van der Waals surface area (Å²) < 4.78 is 0. The van der Waals surface area contributed by atoms with Crippen molar-refractivity contribution in [2.24, 2.45) is 0 Å². The fourth-order valence-electron chi connectivity index (χ4n) is 1.42. The molecule has 4 nitrogen and oxygen atoms in total. The molecule has 0 aliphatic rings. The topological polar surface area (TPSA) is 83.6 Å². The fraction of sp³-hybridized carbons (Fsp3) is 0.400. The number of nitrogens with one attached hydrogen (secondary N) is 1. The van der Waals surface area contributed by atoms with Gasteiger partial charge in [0, 0.05) is 18.3 Å². The summed E-state index contributed by atoms with van der Waals surface area (Å²) >= 11 is 0. The second kappa shape index (κ2) is 5.06. The predicted octanol–water partition coefficient (Wildman–Crippen LogP) is 1.03. The van der Waals surface area contributed by atoms with E-state index in [2.05, 4.69) is 11.1 Å². The quantitative estimate of drug-likeness (QED) is 0.741. The van der Waals surface area contributed by atoms with Crippen LogP contribution in [0.1, 0.15) is 23.2 Å². The van der Waals surface area contributed by atoms with Gasteiger partial charge in [-0.1, -0.05) is 0 Å². The van der Waals surface area contributed by atoms with Gasteiger partial charge >= 0.3 is 0 Å². The zero-order valence-corrected chi connectivity index (χ0v) is 7.75. The molecular formula is C10H11N3O. The van der Waals surface area contributed by atoms with Crippen molar-refractivity contribution in [2.75, 3.05) is 0 Å². The molecule has 0 aliphatic heterocycles. The van der Waals surface area contributed by atoms with Crippen LogP contribution in [0.3, 0.4) is 0 Å². The van der Waals surface area contributed by atoms with E-state index in [0.717, 1.165) is 11.1 Å². The minimum atomic E-state index is -0.0772. The molecule has 0 bridgehead atoms. The van der Waals surface area contributed by atoms with Crippen LogP contribution in [0.25, 0.3) is 0 Å². The van der Waals surface area contributed by atoms with Crippen molar-refractivity contribution in [1.82, 2.24) is 4.98 Å². The molecule has 0 amide bonds. The van der Waals surface area contributed by atoms with Crippen molar-refractivity contribution >= 4 is 0 Å². The number of rotatable bonds is 4. The Bertz CT molecular complexity index is 381. The van der Waals surface area contributed by atoms with Crippen molar-refractivity contribution in [2.45, 2.75) is 25.9 Å². The highest BCUT2D eigenvalue weighted by molar-refractivity contribution is 5.33. The molecule has 1 aromatic heterocycles. The Kier molecular flexibility index (Phi) is 3.72. The highest BCUT2D eigenvalue weighted by Crippen LogP contribution is 2.16. The van der Waals surface area contributed by atoms with Gasteiger partial charge in [0.05, 0.1) is 25.2 Å². The molecule has 0 spiro atoms. The van der Waals surface area contributed by atoms with Crippen molar-refractivity contribution in [3.8, 4) is 12.1 Å². The number of H-pyrrole nitrogens is 1. The molecule has 0 fully saturated rings. The average Bonchev–Trinajstić information content (AvgIpc) is 2.58. The lowest BCUT2D eigenvalue weighted by Gasteiger charge is -2.00. The molecule has 4 heteroatoms. The summed E-state index contributed by atoms with van der Waals surface area (Å²) in [7, 11) is 0. The molecule has 0 aliphatic carbocycles. The van der Waals surface area contributed by atoms with Crippen LogP contribution in [0.4, 0.5) is 0 Å². The molecule has 0 aromatic carbocycles. The van der Waals surface area contributed by atoms with Crippen LogP contribution >= 0.6 is 0 Å². The summed E-state index contributed by atoms with van der Waals surface area (Å²) in [4.78, 5) is 2.91. The molecular weight excluding hydrogens is 178 g/mol. The van der Waals surface area contributed by atoms with Crippen LogP contribution in [0, 0.1) is 22.7 Å². The maximum absolute atomic E-state index is 9.00. The number of hydrogen-bond donors (Lipinski definition) is 2. The van der Waals surface area contributed by atoms with E-state index in [0.29, 0.717) is 25.0 Å². The van der Waals surface area contributed by atoms with E-state index in [1.807, 2.05) is 6.07 Å². The predicted molar refractivity (Wildman–Crippen MR) is 50.0 cm³/mol. The summed E-state index contributed by atoms with van der Waals surface area (Å²) in [5.74, 6) is 0. The van der Waals surface area contributed by atoms with Gasteiger partial charge in [-0.2, -0.15) is 10.5 Å². The standard InChI is InChI=1S/C10H11N3O/c11-4-1-2-9-8(3-5-12)6-13-10(9)7-14/h6,13-14H,1-3,7H2. The number of aliphatic hydroxyl groups is 1. The smallest absolute Gasteiger partial charge is 0.0833 e. The van der Waals surface area contributed by atoms with E-state index < -0.39 is 0 Å². The van der Waals surface area contributed by atoms with Crippen LogP contribution in [0.5, 0.6) is 0 Å². The molecule has 0 atom stereocenters. The van der Waals surface area contributed by atoms with Gasteiger partial charge in [0.2, 0.25) is 0 Å². The summed E-state index contributed by atoms with van der Waals surface area (Å²) in [5.41, 5.74) is 2.51. The summed E-state index contributed by atoms with van der Waals surface area (Å²) in [6.45, 7) is -0.0772. The van der Waals surface area contributed by atoms with Crippen molar-refractivity contribution in [3.05, 3.63) is 23.0 Å². The van der Waals surface area contributed by atoms with Gasteiger partial charge < -0.3 is 10.1 Å². The summed E-state index contributed by atoms with van der Waals surface area (Å²) in [6, 6.07) is 4.10. The first kappa shape index (κ1) is 10.3. The first-order valence-electron chi connectivity index (χ1n) is 4.36. The highest BCUT2D eigenvalue weighted by atomic mass is 16.3. The number of aliphatic hydroxyl groups excluding tert-OH is 1. The van der Waals surface area contributed by atoms with Crippen LogP contribution < -0.4 is 0 Å². The van der Waals surface area contributed by atoms with Gasteiger partial charge in [0.15, 0.2) is 0 Å². The Morgan fingerprint density at radius 2 is 2.14 bits per heavy atom. The second-order valence-electron chi connectivity index (χ2n) is 2.92. The molecule has 0 unspecified atom stereocenters. The monoisotopic (exact) mass is 189 g/mol. The maximum atomic E-state index is 9.00. The zero-order chi connectivity index (χ0) is 10.4. The van der Waals surface area contributed by atoms with Gasteiger partial charge in [0.1, 0.15) is 0 Å². The molecule has 72 valence electrons. The van der Waals surface area contributed by atoms with E-state index in [-0.39, 0.29) is 6.61 Å². The third-order valence-corrected chi connectivity index (χ3v) is 2.09. The molecule has 1 heterocycles. The summed E-state index contributed by atoms with van der Waals surface area (Å²) in [6.07, 6.45) is 3.04. The van der Waals surface area contributed by atoms with E-state index in [9.17, 15) is 0 Å². The first-order chi connectivity index (χ1) is 6.83. The van der Waals surface area contributed by atoms with E-state index in [1.165, 1.54) is 0 Å². The number of nitriles is 2. The minimum absolute atomic E-state index is 0.0772. The van der Waals surface area contributed by atoms with E-state index >= 15 is 0 Å². The largest absolute Gasteiger partial charge is 0.390 e. The molecule has 2 N–H and O–H groups in total. The van der Waals surface area contributed by atoms with Crippen molar-refractivity contribution in [3.63, 3.8) is 0 Å². The van der Waals surface area contributed by atoms with E-state index in [4.69, 9.17) is 15.6 Å². The molecule has 14 heavy (non-hydrogen) atoms. The minimum Gasteiger partial charge on any atom is -0.390 e. The lowest BCUT2D eigenvalue weighted by Crippen LogP contribution is -1.94. The number of aromatic nitrogens is 1. The Morgan fingerprint density at radius 1 is 1.36 bits per heavy atom. The van der Waals surface area contributed by atoms with Crippen LogP contribution in [0.15, 0.2) is 6.20 Å². The second-order valence-corrected chi connectivity index (χ2v) is 2.92. The van der Waals surface area contributed by atoms with Crippen LogP contribution in [0.2, 0.25) is 0 Å². The Balaban J connectivity index is 2.90. The number of hydrogen-bond acceptors (Lipinski definition) is 3. The van der Waals surface area contributed by atoms with Gasteiger partial charge in [-0.25, -0.2) is 0 Å². The van der Waals surface area contributed by atoms with Crippen molar-refractivity contribution < 1.29 is 5.11 Å². The molecule has 0 radical (unpaired) electrons. The van der Waals surface area contributed by atoms with Crippen LogP contribution in [-0.4, -0.2) is 10.1 Å². The first-order valence-corrected chi connectivity index (χ1v) is 4.36. The maximum Gasteiger partial charge on any atom is 0.0833 e. The molecule has 1 aromatic rings. The third-order valence-electron chi connectivity index (χ3n) is 2.09. The van der Waals surface area contributed by atoms with Gasteiger partial charge in [-0.3, -0.25) is 0 Å². The summed E-state index contributed by atoms with van der Waals surface area (Å²) in [5, 5.41) is 26.0. The zero-order valence-electron chi connectivity index (χ0n) is 7.75. The molecule has 0 saturated carbocycles.